The van der Waals surface area contributed by atoms with Gasteiger partial charge in [-0.2, -0.15) is 0 Å². The Balaban J connectivity index is 2.39. The van der Waals surface area contributed by atoms with Crippen LogP contribution < -0.4 is 0 Å². The lowest BCUT2D eigenvalue weighted by Crippen LogP contribution is -2.42. The molecule has 1 aliphatic heterocycles. The molecule has 1 aliphatic rings. The molecule has 0 spiro atoms. The lowest BCUT2D eigenvalue weighted by atomic mass is 9.98. The smallest absolute Gasteiger partial charge is 0.00953 e. The van der Waals surface area contributed by atoms with Gasteiger partial charge in [-0.25, -0.2) is 0 Å². The summed E-state index contributed by atoms with van der Waals surface area (Å²) in [6.45, 7) is 10.9. The second-order valence-electron chi connectivity index (χ2n) is 5.80. The zero-order valence-electron chi connectivity index (χ0n) is 11.8. The molecular weight excluding hydrogens is 194 g/mol. The molecule has 3 unspecified atom stereocenters. The molecule has 0 aromatic carbocycles. The molecule has 1 heteroatoms. The third-order valence-corrected chi connectivity index (χ3v) is 4.46. The van der Waals surface area contributed by atoms with E-state index >= 15 is 0 Å². The number of hydrogen-bond acceptors (Lipinski definition) is 1. The second-order valence-corrected chi connectivity index (χ2v) is 5.80. The largest absolute Gasteiger partial charge is 0.298 e. The third-order valence-electron chi connectivity index (χ3n) is 4.46. The molecule has 1 fully saturated rings. The number of nitrogens with zero attached hydrogens (tertiary/aromatic N) is 1. The van der Waals surface area contributed by atoms with Gasteiger partial charge in [0.2, 0.25) is 0 Å². The second kappa shape index (κ2) is 7.32. The summed E-state index contributed by atoms with van der Waals surface area (Å²) in [7, 11) is 0. The molecule has 0 radical (unpaired) electrons. The van der Waals surface area contributed by atoms with Gasteiger partial charge >= 0.3 is 0 Å². The summed E-state index contributed by atoms with van der Waals surface area (Å²) < 4.78 is 0. The fourth-order valence-electron chi connectivity index (χ4n) is 3.02. The van der Waals surface area contributed by atoms with Gasteiger partial charge in [-0.15, -0.1) is 0 Å². The van der Waals surface area contributed by atoms with E-state index in [0.717, 1.165) is 18.0 Å². The molecule has 3 atom stereocenters. The molecule has 0 aliphatic carbocycles. The van der Waals surface area contributed by atoms with E-state index in [-0.39, 0.29) is 0 Å². The highest BCUT2D eigenvalue weighted by atomic mass is 15.2. The highest BCUT2D eigenvalue weighted by Crippen LogP contribution is 2.26. The first kappa shape index (κ1) is 14.0. The lowest BCUT2D eigenvalue weighted by Gasteiger charge is -2.35. The minimum absolute atomic E-state index is 0.791. The van der Waals surface area contributed by atoms with Crippen molar-refractivity contribution in [1.82, 2.24) is 4.90 Å². The van der Waals surface area contributed by atoms with Gasteiger partial charge in [-0.1, -0.05) is 39.5 Å². The molecule has 1 heterocycles. The van der Waals surface area contributed by atoms with E-state index in [4.69, 9.17) is 0 Å². The van der Waals surface area contributed by atoms with Crippen LogP contribution in [0.25, 0.3) is 0 Å². The maximum absolute atomic E-state index is 2.77. The Morgan fingerprint density at radius 1 is 1.00 bits per heavy atom. The number of likely N-dealkylation sites (tertiary alicyclic amines) is 1. The molecule has 1 nitrogen and oxygen atoms in total. The SMILES string of the molecule is CCCCCCN1C(C)CCCC(C)C1C. The summed E-state index contributed by atoms with van der Waals surface area (Å²) in [6.07, 6.45) is 9.83. The van der Waals surface area contributed by atoms with Crippen LogP contribution in [-0.2, 0) is 0 Å². The van der Waals surface area contributed by atoms with Crippen molar-refractivity contribution in [2.24, 2.45) is 5.92 Å². The fraction of sp³-hybridized carbons (Fsp3) is 1.00. The molecule has 0 saturated carbocycles. The Morgan fingerprint density at radius 2 is 1.75 bits per heavy atom. The van der Waals surface area contributed by atoms with Crippen LogP contribution in [0.3, 0.4) is 0 Å². The molecule has 1 rings (SSSR count). The van der Waals surface area contributed by atoms with Crippen molar-refractivity contribution >= 4 is 0 Å². The highest BCUT2D eigenvalue weighted by Gasteiger charge is 2.26. The average Bonchev–Trinajstić information content (AvgIpc) is 2.38. The van der Waals surface area contributed by atoms with Gasteiger partial charge in [-0.05, 0) is 45.6 Å². The van der Waals surface area contributed by atoms with Crippen molar-refractivity contribution in [2.75, 3.05) is 6.54 Å². The van der Waals surface area contributed by atoms with Gasteiger partial charge in [0.1, 0.15) is 0 Å². The van der Waals surface area contributed by atoms with Crippen molar-refractivity contribution in [3.63, 3.8) is 0 Å². The van der Waals surface area contributed by atoms with Crippen molar-refractivity contribution in [3.8, 4) is 0 Å². The van der Waals surface area contributed by atoms with Crippen LogP contribution >= 0.6 is 0 Å². The lowest BCUT2D eigenvalue weighted by molar-refractivity contribution is 0.126. The number of unbranched alkanes of at least 4 members (excludes halogenated alkanes) is 3. The Kier molecular flexibility index (Phi) is 6.41. The fourth-order valence-corrected chi connectivity index (χ4v) is 3.02. The van der Waals surface area contributed by atoms with Crippen LogP contribution in [0.1, 0.15) is 72.6 Å². The van der Waals surface area contributed by atoms with Crippen LogP contribution in [0.5, 0.6) is 0 Å². The Labute approximate surface area is 103 Å². The van der Waals surface area contributed by atoms with Crippen LogP contribution in [0.15, 0.2) is 0 Å². The molecule has 96 valence electrons. The minimum Gasteiger partial charge on any atom is -0.298 e. The van der Waals surface area contributed by atoms with Crippen molar-refractivity contribution in [3.05, 3.63) is 0 Å². The standard InChI is InChI=1S/C15H31N/c1-5-6-7-8-12-16-14(3)11-9-10-13(2)15(16)4/h13-15H,5-12H2,1-4H3. The van der Waals surface area contributed by atoms with Gasteiger partial charge in [0.15, 0.2) is 0 Å². The maximum Gasteiger partial charge on any atom is 0.00953 e. The average molecular weight is 225 g/mol. The predicted octanol–water partition coefficient (Wildman–Crippen LogP) is 4.47. The Hall–Kier alpha value is -0.0400. The summed E-state index contributed by atoms with van der Waals surface area (Å²) in [5.41, 5.74) is 0. The minimum atomic E-state index is 0.791. The topological polar surface area (TPSA) is 3.24 Å². The summed E-state index contributed by atoms with van der Waals surface area (Å²) in [5.74, 6) is 0.885. The molecule has 16 heavy (non-hydrogen) atoms. The van der Waals surface area contributed by atoms with Gasteiger partial charge in [0.05, 0.1) is 0 Å². The van der Waals surface area contributed by atoms with E-state index in [1.807, 2.05) is 0 Å². The quantitative estimate of drug-likeness (QED) is 0.624. The monoisotopic (exact) mass is 225 g/mol. The van der Waals surface area contributed by atoms with E-state index in [0.29, 0.717) is 0 Å². The van der Waals surface area contributed by atoms with Crippen LogP contribution in [0.2, 0.25) is 0 Å². The molecule has 0 aromatic heterocycles. The van der Waals surface area contributed by atoms with Crippen LogP contribution in [0, 0.1) is 5.92 Å². The molecule has 0 aromatic rings. The molecule has 0 amide bonds. The van der Waals surface area contributed by atoms with E-state index in [2.05, 4.69) is 32.6 Å². The van der Waals surface area contributed by atoms with Crippen molar-refractivity contribution in [2.45, 2.75) is 84.7 Å². The summed E-state index contributed by atoms with van der Waals surface area (Å²) >= 11 is 0. The van der Waals surface area contributed by atoms with Gasteiger partial charge in [0.25, 0.3) is 0 Å². The van der Waals surface area contributed by atoms with Gasteiger partial charge < -0.3 is 0 Å². The third kappa shape index (κ3) is 4.08. The van der Waals surface area contributed by atoms with Crippen LogP contribution in [0.4, 0.5) is 0 Å². The Morgan fingerprint density at radius 3 is 2.44 bits per heavy atom. The van der Waals surface area contributed by atoms with E-state index in [1.165, 1.54) is 51.5 Å². The normalized spacial score (nSPS) is 32.6. The maximum atomic E-state index is 2.77. The molecular formula is C15H31N. The van der Waals surface area contributed by atoms with E-state index in [9.17, 15) is 0 Å². The summed E-state index contributed by atoms with van der Waals surface area (Å²) in [5, 5.41) is 0. The highest BCUT2D eigenvalue weighted by molar-refractivity contribution is 4.81. The number of hydrogen-bond donors (Lipinski definition) is 0. The first-order valence-corrected chi connectivity index (χ1v) is 7.42. The Bertz CT molecular complexity index is 178. The van der Waals surface area contributed by atoms with E-state index in [1.54, 1.807) is 0 Å². The van der Waals surface area contributed by atoms with Gasteiger partial charge in [0, 0.05) is 12.1 Å². The van der Waals surface area contributed by atoms with Crippen molar-refractivity contribution in [1.29, 1.82) is 0 Å². The first-order chi connectivity index (χ1) is 7.66. The molecule has 1 saturated heterocycles. The molecule has 0 bridgehead atoms. The zero-order valence-corrected chi connectivity index (χ0v) is 11.8. The summed E-state index contributed by atoms with van der Waals surface area (Å²) in [4.78, 5) is 2.77. The van der Waals surface area contributed by atoms with Crippen LogP contribution in [-0.4, -0.2) is 23.5 Å². The van der Waals surface area contributed by atoms with E-state index < -0.39 is 0 Å². The zero-order chi connectivity index (χ0) is 12.0. The summed E-state index contributed by atoms with van der Waals surface area (Å²) in [6, 6.07) is 1.60. The number of rotatable bonds is 5. The molecule has 0 N–H and O–H groups in total. The van der Waals surface area contributed by atoms with Crippen molar-refractivity contribution < 1.29 is 0 Å². The predicted molar refractivity (Wildman–Crippen MR) is 72.8 cm³/mol. The first-order valence-electron chi connectivity index (χ1n) is 7.42. The van der Waals surface area contributed by atoms with Gasteiger partial charge in [-0.3, -0.25) is 4.90 Å².